The first-order valence-electron chi connectivity index (χ1n) is 9.88. The first kappa shape index (κ1) is 20.2. The van der Waals surface area contributed by atoms with Gasteiger partial charge in [-0.3, -0.25) is 4.57 Å². The van der Waals surface area contributed by atoms with Crippen LogP contribution >= 0.6 is 11.8 Å². The van der Waals surface area contributed by atoms with Crippen molar-refractivity contribution in [2.24, 2.45) is 0 Å². The lowest BCUT2D eigenvalue weighted by atomic mass is 10.1. The van der Waals surface area contributed by atoms with Crippen LogP contribution in [0.25, 0.3) is 17.1 Å². The van der Waals surface area contributed by atoms with Gasteiger partial charge in [0.2, 0.25) is 5.89 Å². The fourth-order valence-corrected chi connectivity index (χ4v) is 3.84. The Kier molecular flexibility index (Phi) is 6.13. The van der Waals surface area contributed by atoms with Crippen LogP contribution in [0.15, 0.2) is 58.2 Å². The van der Waals surface area contributed by atoms with Crippen molar-refractivity contribution < 1.29 is 9.26 Å². The third kappa shape index (κ3) is 4.38. The van der Waals surface area contributed by atoms with E-state index in [-0.39, 0.29) is 0 Å². The molecule has 4 rings (SSSR count). The van der Waals surface area contributed by atoms with Crippen LogP contribution < -0.4 is 4.74 Å². The Bertz CT molecular complexity index is 1120. The molecule has 30 heavy (non-hydrogen) atoms. The fourth-order valence-electron chi connectivity index (χ4n) is 3.05. The fraction of sp³-hybridized carbons (Fsp3) is 0.273. The average molecular weight is 422 g/mol. The highest BCUT2D eigenvalue weighted by atomic mass is 32.2. The molecule has 0 saturated heterocycles. The summed E-state index contributed by atoms with van der Waals surface area (Å²) in [7, 11) is 0. The highest BCUT2D eigenvalue weighted by Crippen LogP contribution is 2.30. The lowest BCUT2D eigenvalue weighted by Gasteiger charge is -2.11. The van der Waals surface area contributed by atoms with Crippen LogP contribution in [0.3, 0.4) is 0 Å². The van der Waals surface area contributed by atoms with Crippen molar-refractivity contribution in [3.63, 3.8) is 0 Å². The maximum Gasteiger partial charge on any atom is 0.226 e. The van der Waals surface area contributed by atoms with Crippen molar-refractivity contribution in [1.29, 1.82) is 0 Å². The second-order valence-corrected chi connectivity index (χ2v) is 7.63. The Morgan fingerprint density at radius 2 is 1.90 bits per heavy atom. The SMILES string of the molecule is CCOc1ccc(-n2c(SCc3noc(CC)n3)nnc2-c2cccc(C)c2)cc1. The summed E-state index contributed by atoms with van der Waals surface area (Å²) in [5.74, 6) is 3.45. The number of ether oxygens (including phenoxy) is 1. The summed E-state index contributed by atoms with van der Waals surface area (Å²) in [5.41, 5.74) is 3.14. The molecule has 0 radical (unpaired) electrons. The van der Waals surface area contributed by atoms with E-state index in [2.05, 4.69) is 44.0 Å². The average Bonchev–Trinajstić information content (AvgIpc) is 3.40. The van der Waals surface area contributed by atoms with E-state index in [0.29, 0.717) is 24.1 Å². The van der Waals surface area contributed by atoms with E-state index in [4.69, 9.17) is 9.26 Å². The highest BCUT2D eigenvalue weighted by Gasteiger charge is 2.17. The van der Waals surface area contributed by atoms with Crippen molar-refractivity contribution in [2.45, 2.75) is 38.1 Å². The second-order valence-electron chi connectivity index (χ2n) is 6.68. The van der Waals surface area contributed by atoms with E-state index in [1.165, 1.54) is 17.3 Å². The predicted molar refractivity (Wildman–Crippen MR) is 116 cm³/mol. The Balaban J connectivity index is 1.70. The van der Waals surface area contributed by atoms with Crippen LogP contribution in [-0.2, 0) is 12.2 Å². The minimum Gasteiger partial charge on any atom is -0.494 e. The van der Waals surface area contributed by atoms with Crippen LogP contribution in [-0.4, -0.2) is 31.5 Å². The van der Waals surface area contributed by atoms with Gasteiger partial charge < -0.3 is 9.26 Å². The number of aromatic nitrogens is 5. The highest BCUT2D eigenvalue weighted by molar-refractivity contribution is 7.98. The van der Waals surface area contributed by atoms with Crippen molar-refractivity contribution in [3.8, 4) is 22.8 Å². The molecule has 0 unspecified atom stereocenters. The predicted octanol–water partition coefficient (Wildman–Crippen LogP) is 4.88. The lowest BCUT2D eigenvalue weighted by molar-refractivity contribution is 0.340. The van der Waals surface area contributed by atoms with Gasteiger partial charge in [0.05, 0.1) is 12.4 Å². The van der Waals surface area contributed by atoms with Gasteiger partial charge in [-0.2, -0.15) is 4.98 Å². The van der Waals surface area contributed by atoms with E-state index in [0.717, 1.165) is 34.4 Å². The van der Waals surface area contributed by atoms with Gasteiger partial charge in [-0.05, 0) is 44.2 Å². The molecule has 0 bridgehead atoms. The molecule has 0 aliphatic rings. The van der Waals surface area contributed by atoms with E-state index in [1.807, 2.05) is 50.2 Å². The largest absolute Gasteiger partial charge is 0.494 e. The number of hydrogen-bond acceptors (Lipinski definition) is 7. The molecule has 0 spiro atoms. The van der Waals surface area contributed by atoms with Gasteiger partial charge in [0.25, 0.3) is 0 Å². The Labute approximate surface area is 179 Å². The van der Waals surface area contributed by atoms with E-state index in [9.17, 15) is 0 Å². The van der Waals surface area contributed by atoms with Gasteiger partial charge in [0.15, 0.2) is 16.8 Å². The molecule has 2 aromatic carbocycles. The van der Waals surface area contributed by atoms with E-state index in [1.54, 1.807) is 0 Å². The summed E-state index contributed by atoms with van der Waals surface area (Å²) in [6.07, 6.45) is 0.720. The minimum atomic E-state index is 0.548. The molecule has 0 aliphatic carbocycles. The molecule has 2 heterocycles. The molecule has 0 atom stereocenters. The maximum absolute atomic E-state index is 5.58. The molecule has 2 aromatic heterocycles. The van der Waals surface area contributed by atoms with Crippen molar-refractivity contribution in [2.75, 3.05) is 6.61 Å². The third-order valence-corrected chi connectivity index (χ3v) is 5.38. The number of nitrogens with zero attached hydrogens (tertiary/aromatic N) is 5. The standard InChI is InChI=1S/C22H23N5O2S/c1-4-20-23-19(26-29-20)14-30-22-25-24-21(16-8-6-7-15(3)13-16)27(22)17-9-11-18(12-10-17)28-5-2/h6-13H,4-5,14H2,1-3H3. The summed E-state index contributed by atoms with van der Waals surface area (Å²) in [6.45, 7) is 6.66. The van der Waals surface area contributed by atoms with Gasteiger partial charge in [-0.15, -0.1) is 10.2 Å². The van der Waals surface area contributed by atoms with E-state index < -0.39 is 0 Å². The lowest BCUT2D eigenvalue weighted by Crippen LogP contribution is -2.01. The number of aryl methyl sites for hydroxylation is 2. The Morgan fingerprint density at radius 3 is 2.60 bits per heavy atom. The third-order valence-electron chi connectivity index (χ3n) is 4.46. The summed E-state index contributed by atoms with van der Waals surface area (Å²) < 4.78 is 12.8. The molecule has 0 aliphatic heterocycles. The van der Waals surface area contributed by atoms with Gasteiger partial charge in [-0.1, -0.05) is 47.6 Å². The van der Waals surface area contributed by atoms with Gasteiger partial charge in [0.1, 0.15) is 5.75 Å². The van der Waals surface area contributed by atoms with Gasteiger partial charge in [-0.25, -0.2) is 0 Å². The monoisotopic (exact) mass is 421 g/mol. The summed E-state index contributed by atoms with van der Waals surface area (Å²) in [6, 6.07) is 16.2. The zero-order valence-electron chi connectivity index (χ0n) is 17.2. The zero-order valence-corrected chi connectivity index (χ0v) is 18.0. The molecule has 0 amide bonds. The molecule has 0 fully saturated rings. The summed E-state index contributed by atoms with van der Waals surface area (Å²) in [4.78, 5) is 4.38. The van der Waals surface area contributed by atoms with Crippen LogP contribution in [0.1, 0.15) is 31.1 Å². The quantitative estimate of drug-likeness (QED) is 0.375. The van der Waals surface area contributed by atoms with Gasteiger partial charge in [0, 0.05) is 17.7 Å². The molecule has 8 heteroatoms. The Morgan fingerprint density at radius 1 is 1.07 bits per heavy atom. The van der Waals surface area contributed by atoms with Crippen LogP contribution in [0, 0.1) is 6.92 Å². The maximum atomic E-state index is 5.58. The number of benzene rings is 2. The molecule has 154 valence electrons. The molecule has 4 aromatic rings. The van der Waals surface area contributed by atoms with Crippen molar-refractivity contribution in [3.05, 3.63) is 65.8 Å². The molecular formula is C22H23N5O2S. The number of hydrogen-bond donors (Lipinski definition) is 0. The van der Waals surface area contributed by atoms with Crippen LogP contribution in [0.4, 0.5) is 0 Å². The molecular weight excluding hydrogens is 398 g/mol. The normalized spacial score (nSPS) is 11.0. The molecule has 0 N–H and O–H groups in total. The van der Waals surface area contributed by atoms with Crippen molar-refractivity contribution >= 4 is 11.8 Å². The van der Waals surface area contributed by atoms with Crippen LogP contribution in [0.5, 0.6) is 5.75 Å². The topological polar surface area (TPSA) is 78.9 Å². The smallest absolute Gasteiger partial charge is 0.226 e. The van der Waals surface area contributed by atoms with Crippen LogP contribution in [0.2, 0.25) is 0 Å². The first-order chi connectivity index (χ1) is 14.7. The first-order valence-corrected chi connectivity index (χ1v) is 10.9. The number of thioether (sulfide) groups is 1. The molecule has 0 saturated carbocycles. The molecule has 7 nitrogen and oxygen atoms in total. The second kappa shape index (κ2) is 9.13. The summed E-state index contributed by atoms with van der Waals surface area (Å²) >= 11 is 1.53. The van der Waals surface area contributed by atoms with Gasteiger partial charge >= 0.3 is 0 Å². The van der Waals surface area contributed by atoms with Crippen molar-refractivity contribution in [1.82, 2.24) is 24.9 Å². The number of rotatable bonds is 8. The Hall–Kier alpha value is -3.13. The summed E-state index contributed by atoms with van der Waals surface area (Å²) in [5, 5.41) is 13.7. The minimum absolute atomic E-state index is 0.548. The van der Waals surface area contributed by atoms with E-state index >= 15 is 0 Å². The zero-order chi connectivity index (χ0) is 20.9.